The van der Waals surface area contributed by atoms with Crippen molar-refractivity contribution in [2.24, 2.45) is 5.73 Å². The van der Waals surface area contributed by atoms with E-state index in [-0.39, 0.29) is 0 Å². The van der Waals surface area contributed by atoms with Gasteiger partial charge in [0.25, 0.3) is 10.2 Å². The Balaban J connectivity index is 2.65. The lowest BCUT2D eigenvalue weighted by Gasteiger charge is -2.31. The van der Waals surface area contributed by atoms with E-state index < -0.39 is 15.7 Å². The molecule has 3 N–H and O–H groups in total. The van der Waals surface area contributed by atoms with Crippen LogP contribution in [0, 0.1) is 0 Å². The van der Waals surface area contributed by atoms with Gasteiger partial charge < -0.3 is 5.73 Å². The van der Waals surface area contributed by atoms with Crippen molar-refractivity contribution in [2.75, 3.05) is 19.6 Å². The minimum absolute atomic E-state index is 0.292. The van der Waals surface area contributed by atoms with Crippen LogP contribution in [-0.2, 0) is 10.2 Å². The molecule has 5 nitrogen and oxygen atoms in total. The first-order valence-corrected chi connectivity index (χ1v) is 6.80. The van der Waals surface area contributed by atoms with Crippen molar-refractivity contribution in [1.82, 2.24) is 9.03 Å². The first-order valence-electron chi connectivity index (χ1n) is 5.36. The molecule has 0 aliphatic carbocycles. The normalized spacial score (nSPS) is 20.5. The molecule has 0 radical (unpaired) electrons. The third-order valence-corrected chi connectivity index (χ3v) is 4.43. The van der Waals surface area contributed by atoms with Crippen LogP contribution in [0.3, 0.4) is 0 Å². The van der Waals surface area contributed by atoms with Crippen LogP contribution in [0.4, 0.5) is 0 Å². The number of nitrogens with two attached hydrogens (primary N) is 1. The highest BCUT2D eigenvalue weighted by atomic mass is 32.2. The molecule has 1 saturated heterocycles. The Labute approximate surface area is 92.2 Å². The maximum Gasteiger partial charge on any atom is 0.279 e. The zero-order valence-electron chi connectivity index (χ0n) is 9.49. The quantitative estimate of drug-likeness (QED) is 0.722. The predicted molar refractivity (Wildman–Crippen MR) is 60.6 cm³/mol. The first kappa shape index (κ1) is 12.9. The summed E-state index contributed by atoms with van der Waals surface area (Å²) in [6, 6.07) is 0. The molecular formula is C9H21N3O2S. The summed E-state index contributed by atoms with van der Waals surface area (Å²) in [6.07, 6.45) is 3.01. The van der Waals surface area contributed by atoms with E-state index in [1.165, 1.54) is 4.31 Å². The summed E-state index contributed by atoms with van der Waals surface area (Å²) in [4.78, 5) is 0. The van der Waals surface area contributed by atoms with Crippen LogP contribution >= 0.6 is 0 Å². The fraction of sp³-hybridized carbons (Fsp3) is 1.00. The summed E-state index contributed by atoms with van der Waals surface area (Å²) in [5.74, 6) is 0. The zero-order chi connectivity index (χ0) is 11.5. The largest absolute Gasteiger partial charge is 0.329 e. The van der Waals surface area contributed by atoms with Crippen molar-refractivity contribution in [2.45, 2.75) is 38.6 Å². The second-order valence-corrected chi connectivity index (χ2v) is 6.33. The molecule has 0 atom stereocenters. The zero-order valence-corrected chi connectivity index (χ0v) is 10.3. The van der Waals surface area contributed by atoms with Crippen LogP contribution < -0.4 is 10.5 Å². The average Bonchev–Trinajstić information content (AvgIpc) is 2.18. The van der Waals surface area contributed by atoms with Crippen molar-refractivity contribution in [1.29, 1.82) is 0 Å². The Hall–Kier alpha value is -0.170. The highest BCUT2D eigenvalue weighted by Gasteiger charge is 2.29. The molecule has 90 valence electrons. The minimum Gasteiger partial charge on any atom is -0.329 e. The Bertz CT molecular complexity index is 294. The van der Waals surface area contributed by atoms with E-state index in [0.29, 0.717) is 19.6 Å². The molecule has 0 bridgehead atoms. The second kappa shape index (κ2) is 4.78. The molecule has 0 unspecified atom stereocenters. The fourth-order valence-electron chi connectivity index (χ4n) is 1.56. The van der Waals surface area contributed by atoms with Crippen LogP contribution in [0.2, 0.25) is 0 Å². The predicted octanol–water partition coefficient (Wildman–Crippen LogP) is 0.0440. The van der Waals surface area contributed by atoms with Gasteiger partial charge in [0.1, 0.15) is 0 Å². The number of hydrogen-bond acceptors (Lipinski definition) is 3. The summed E-state index contributed by atoms with van der Waals surface area (Å²) in [7, 11) is -3.35. The van der Waals surface area contributed by atoms with Crippen LogP contribution in [-0.4, -0.2) is 37.9 Å². The van der Waals surface area contributed by atoms with Crippen LogP contribution in [0.15, 0.2) is 0 Å². The van der Waals surface area contributed by atoms with E-state index in [1.54, 1.807) is 13.8 Å². The Morgan fingerprint density at radius 2 is 1.80 bits per heavy atom. The lowest BCUT2D eigenvalue weighted by molar-refractivity contribution is 0.330. The molecule has 1 heterocycles. The lowest BCUT2D eigenvalue weighted by atomic mass is 10.1. The number of hydrogen-bond donors (Lipinski definition) is 2. The van der Waals surface area contributed by atoms with Crippen LogP contribution in [0.1, 0.15) is 33.1 Å². The third-order valence-electron chi connectivity index (χ3n) is 2.57. The number of rotatable bonds is 4. The summed E-state index contributed by atoms with van der Waals surface area (Å²) in [5.41, 5.74) is 4.92. The van der Waals surface area contributed by atoms with E-state index in [1.807, 2.05) is 0 Å². The van der Waals surface area contributed by atoms with Gasteiger partial charge in [-0.05, 0) is 26.7 Å². The molecule has 1 aliphatic heterocycles. The van der Waals surface area contributed by atoms with Gasteiger partial charge in [-0.3, -0.25) is 0 Å². The minimum atomic E-state index is -3.35. The van der Waals surface area contributed by atoms with E-state index in [9.17, 15) is 8.42 Å². The molecule has 0 amide bonds. The van der Waals surface area contributed by atoms with Crippen molar-refractivity contribution in [3.8, 4) is 0 Å². The summed E-state index contributed by atoms with van der Waals surface area (Å²) >= 11 is 0. The second-order valence-electron chi connectivity index (χ2n) is 4.65. The Kier molecular flexibility index (Phi) is 4.11. The molecule has 15 heavy (non-hydrogen) atoms. The van der Waals surface area contributed by atoms with E-state index in [2.05, 4.69) is 4.72 Å². The van der Waals surface area contributed by atoms with E-state index in [4.69, 9.17) is 5.73 Å². The Morgan fingerprint density at radius 1 is 1.27 bits per heavy atom. The summed E-state index contributed by atoms with van der Waals surface area (Å²) in [5, 5.41) is 0. The average molecular weight is 235 g/mol. The molecule has 0 spiro atoms. The number of nitrogens with zero attached hydrogens (tertiary/aromatic N) is 1. The van der Waals surface area contributed by atoms with Gasteiger partial charge >= 0.3 is 0 Å². The van der Waals surface area contributed by atoms with Crippen molar-refractivity contribution >= 4 is 10.2 Å². The topological polar surface area (TPSA) is 75.4 Å². The number of nitrogens with one attached hydrogen (secondary N) is 1. The van der Waals surface area contributed by atoms with Crippen LogP contribution in [0.5, 0.6) is 0 Å². The van der Waals surface area contributed by atoms with Crippen molar-refractivity contribution < 1.29 is 8.42 Å². The monoisotopic (exact) mass is 235 g/mol. The van der Waals surface area contributed by atoms with Gasteiger partial charge in [-0.15, -0.1) is 0 Å². The van der Waals surface area contributed by atoms with Crippen molar-refractivity contribution in [3.05, 3.63) is 0 Å². The number of piperidine rings is 1. The maximum atomic E-state index is 11.9. The van der Waals surface area contributed by atoms with Gasteiger partial charge in [0.05, 0.1) is 0 Å². The summed E-state index contributed by atoms with van der Waals surface area (Å²) in [6.45, 7) is 5.11. The van der Waals surface area contributed by atoms with Gasteiger partial charge in [0, 0.05) is 25.2 Å². The van der Waals surface area contributed by atoms with Crippen LogP contribution in [0.25, 0.3) is 0 Å². The molecule has 0 aromatic rings. The molecule has 0 aromatic carbocycles. The smallest absolute Gasteiger partial charge is 0.279 e. The molecule has 6 heteroatoms. The van der Waals surface area contributed by atoms with Gasteiger partial charge in [0.2, 0.25) is 0 Å². The van der Waals surface area contributed by atoms with Gasteiger partial charge in [-0.2, -0.15) is 17.4 Å². The SMILES string of the molecule is CC(C)(CN)NS(=O)(=O)N1CCCCC1. The highest BCUT2D eigenvalue weighted by Crippen LogP contribution is 2.13. The fourth-order valence-corrected chi connectivity index (χ4v) is 3.21. The standard InChI is InChI=1S/C9H21N3O2S/c1-9(2,8-10)11-15(13,14)12-6-4-3-5-7-12/h11H,3-8,10H2,1-2H3. The first-order chi connectivity index (χ1) is 6.87. The molecule has 1 fully saturated rings. The van der Waals surface area contributed by atoms with Gasteiger partial charge in [0.15, 0.2) is 0 Å². The lowest BCUT2D eigenvalue weighted by Crippen LogP contribution is -2.54. The third kappa shape index (κ3) is 3.71. The molecule has 1 aliphatic rings. The molecule has 1 rings (SSSR count). The molecular weight excluding hydrogens is 214 g/mol. The highest BCUT2D eigenvalue weighted by molar-refractivity contribution is 7.87. The van der Waals surface area contributed by atoms with E-state index >= 15 is 0 Å². The van der Waals surface area contributed by atoms with Crippen molar-refractivity contribution in [3.63, 3.8) is 0 Å². The molecule has 0 aromatic heterocycles. The van der Waals surface area contributed by atoms with E-state index in [0.717, 1.165) is 19.3 Å². The summed E-state index contributed by atoms with van der Waals surface area (Å²) < 4.78 is 28.0. The Morgan fingerprint density at radius 3 is 2.27 bits per heavy atom. The molecule has 0 saturated carbocycles. The van der Waals surface area contributed by atoms with Gasteiger partial charge in [-0.25, -0.2) is 0 Å². The van der Waals surface area contributed by atoms with Gasteiger partial charge in [-0.1, -0.05) is 6.42 Å². The maximum absolute atomic E-state index is 11.9.